The summed E-state index contributed by atoms with van der Waals surface area (Å²) in [5.41, 5.74) is 4.17. The average molecular weight is 223 g/mol. The molecule has 0 amide bonds. The number of hydrogen-bond acceptors (Lipinski definition) is 0. The molecule has 2 rings (SSSR count). The summed E-state index contributed by atoms with van der Waals surface area (Å²) in [6, 6.07) is 6.84. The summed E-state index contributed by atoms with van der Waals surface area (Å²) in [7, 11) is 0. The van der Waals surface area contributed by atoms with Gasteiger partial charge in [0, 0.05) is 11.3 Å². The fourth-order valence-corrected chi connectivity index (χ4v) is 3.11. The Labute approximate surface area is 97.6 Å². The maximum absolute atomic E-state index is 6.42. The van der Waals surface area contributed by atoms with Crippen molar-refractivity contribution in [1.82, 2.24) is 0 Å². The van der Waals surface area contributed by atoms with Crippen molar-refractivity contribution in [2.75, 3.05) is 0 Å². The zero-order valence-electron chi connectivity index (χ0n) is 9.59. The number of benzene rings is 1. The lowest BCUT2D eigenvalue weighted by Crippen LogP contribution is -2.17. The molecule has 1 saturated carbocycles. The molecule has 82 valence electrons. The van der Waals surface area contributed by atoms with Gasteiger partial charge >= 0.3 is 0 Å². The van der Waals surface area contributed by atoms with Gasteiger partial charge < -0.3 is 0 Å². The van der Waals surface area contributed by atoms with Crippen LogP contribution in [0.5, 0.6) is 0 Å². The van der Waals surface area contributed by atoms with E-state index in [9.17, 15) is 0 Å². The second-order valence-electron chi connectivity index (χ2n) is 4.83. The summed E-state index contributed by atoms with van der Waals surface area (Å²) < 4.78 is 0. The van der Waals surface area contributed by atoms with Gasteiger partial charge in [-0.15, -0.1) is 11.6 Å². The maximum atomic E-state index is 6.42. The first-order valence-electron chi connectivity index (χ1n) is 5.89. The molecule has 0 heterocycles. The predicted molar refractivity (Wildman–Crippen MR) is 66.8 cm³/mol. The molecule has 15 heavy (non-hydrogen) atoms. The van der Waals surface area contributed by atoms with Crippen LogP contribution in [0.4, 0.5) is 0 Å². The summed E-state index contributed by atoms with van der Waals surface area (Å²) in [5, 5.41) is 0.347. The Hall–Kier alpha value is -0.490. The van der Waals surface area contributed by atoms with Crippen LogP contribution in [0.3, 0.4) is 0 Å². The van der Waals surface area contributed by atoms with Crippen molar-refractivity contribution < 1.29 is 0 Å². The lowest BCUT2D eigenvalue weighted by Gasteiger charge is -2.27. The number of halogens is 1. The Morgan fingerprint density at radius 3 is 2.20 bits per heavy atom. The number of aryl methyl sites for hydroxylation is 2. The molecule has 0 spiro atoms. The zero-order chi connectivity index (χ0) is 10.8. The van der Waals surface area contributed by atoms with Crippen molar-refractivity contribution >= 4 is 11.6 Å². The molecule has 0 saturated heterocycles. The minimum Gasteiger partial charge on any atom is -0.122 e. The summed E-state index contributed by atoms with van der Waals surface area (Å²) in [5.74, 6) is 0.582. The van der Waals surface area contributed by atoms with Gasteiger partial charge in [0.2, 0.25) is 0 Å². The molecule has 1 heteroatoms. The molecule has 1 fully saturated rings. The number of rotatable bonds is 1. The van der Waals surface area contributed by atoms with Crippen LogP contribution in [0, 0.1) is 13.8 Å². The molecule has 2 atom stereocenters. The van der Waals surface area contributed by atoms with Gasteiger partial charge in [0.05, 0.1) is 0 Å². The highest BCUT2D eigenvalue weighted by atomic mass is 35.5. The molecule has 0 aromatic heterocycles. The van der Waals surface area contributed by atoms with E-state index in [2.05, 4.69) is 32.0 Å². The SMILES string of the molecule is Cc1cc(C)cc(C2CCCCC2Cl)c1. The molecule has 0 nitrogen and oxygen atoms in total. The molecular formula is C14H19Cl. The molecular weight excluding hydrogens is 204 g/mol. The van der Waals surface area contributed by atoms with E-state index in [1.807, 2.05) is 0 Å². The Bertz CT molecular complexity index is 323. The molecule has 1 aromatic rings. The van der Waals surface area contributed by atoms with Crippen LogP contribution in [0.1, 0.15) is 48.3 Å². The zero-order valence-corrected chi connectivity index (χ0v) is 10.3. The van der Waals surface area contributed by atoms with Gasteiger partial charge in [0.1, 0.15) is 0 Å². The highest BCUT2D eigenvalue weighted by molar-refractivity contribution is 6.21. The van der Waals surface area contributed by atoms with Crippen LogP contribution in [-0.4, -0.2) is 5.38 Å². The van der Waals surface area contributed by atoms with E-state index < -0.39 is 0 Å². The van der Waals surface area contributed by atoms with Crippen LogP contribution in [-0.2, 0) is 0 Å². The highest BCUT2D eigenvalue weighted by Gasteiger charge is 2.24. The third-order valence-electron chi connectivity index (χ3n) is 3.35. The maximum Gasteiger partial charge on any atom is 0.0404 e. The van der Waals surface area contributed by atoms with E-state index in [0.29, 0.717) is 11.3 Å². The van der Waals surface area contributed by atoms with Crippen LogP contribution < -0.4 is 0 Å². The van der Waals surface area contributed by atoms with Crippen molar-refractivity contribution in [3.8, 4) is 0 Å². The van der Waals surface area contributed by atoms with E-state index >= 15 is 0 Å². The van der Waals surface area contributed by atoms with Crippen molar-refractivity contribution in [3.05, 3.63) is 34.9 Å². The normalized spacial score (nSPS) is 26.6. The smallest absolute Gasteiger partial charge is 0.0404 e. The molecule has 0 N–H and O–H groups in total. The van der Waals surface area contributed by atoms with Crippen LogP contribution in [0.15, 0.2) is 18.2 Å². The van der Waals surface area contributed by atoms with Crippen LogP contribution in [0.2, 0.25) is 0 Å². The first-order chi connectivity index (χ1) is 7.16. The Balaban J connectivity index is 2.27. The first-order valence-corrected chi connectivity index (χ1v) is 6.33. The van der Waals surface area contributed by atoms with Gasteiger partial charge in [-0.3, -0.25) is 0 Å². The van der Waals surface area contributed by atoms with Crippen molar-refractivity contribution in [2.45, 2.75) is 50.8 Å². The van der Waals surface area contributed by atoms with E-state index in [1.54, 1.807) is 0 Å². The second-order valence-corrected chi connectivity index (χ2v) is 5.39. The third-order valence-corrected chi connectivity index (χ3v) is 3.88. The molecule has 0 aliphatic heterocycles. The van der Waals surface area contributed by atoms with Crippen LogP contribution in [0.25, 0.3) is 0 Å². The largest absolute Gasteiger partial charge is 0.122 e. The average Bonchev–Trinajstić information content (AvgIpc) is 2.16. The molecule has 2 unspecified atom stereocenters. The van der Waals surface area contributed by atoms with E-state index in [-0.39, 0.29) is 0 Å². The minimum atomic E-state index is 0.347. The summed E-state index contributed by atoms with van der Waals surface area (Å²) in [6.07, 6.45) is 5.08. The van der Waals surface area contributed by atoms with E-state index in [4.69, 9.17) is 11.6 Å². The fraction of sp³-hybridized carbons (Fsp3) is 0.571. The van der Waals surface area contributed by atoms with Crippen LogP contribution >= 0.6 is 11.6 Å². The Kier molecular flexibility index (Phi) is 3.35. The number of alkyl halides is 1. The van der Waals surface area contributed by atoms with E-state index in [1.165, 1.54) is 42.4 Å². The topological polar surface area (TPSA) is 0 Å². The lowest BCUT2D eigenvalue weighted by molar-refractivity contribution is 0.450. The molecule has 1 aliphatic rings. The highest BCUT2D eigenvalue weighted by Crippen LogP contribution is 2.36. The van der Waals surface area contributed by atoms with Gasteiger partial charge in [0.15, 0.2) is 0 Å². The Morgan fingerprint density at radius 1 is 1.00 bits per heavy atom. The Morgan fingerprint density at radius 2 is 1.60 bits per heavy atom. The lowest BCUT2D eigenvalue weighted by atomic mass is 9.82. The summed E-state index contributed by atoms with van der Waals surface area (Å²) >= 11 is 6.42. The van der Waals surface area contributed by atoms with Gasteiger partial charge in [-0.1, -0.05) is 42.2 Å². The fourth-order valence-electron chi connectivity index (χ4n) is 2.69. The van der Waals surface area contributed by atoms with E-state index in [0.717, 1.165) is 0 Å². The van der Waals surface area contributed by atoms with Gasteiger partial charge in [-0.2, -0.15) is 0 Å². The first kappa shape index (κ1) is 11.0. The molecule has 0 radical (unpaired) electrons. The molecule has 1 aromatic carbocycles. The quantitative estimate of drug-likeness (QED) is 0.611. The second kappa shape index (κ2) is 4.57. The van der Waals surface area contributed by atoms with Gasteiger partial charge in [-0.25, -0.2) is 0 Å². The van der Waals surface area contributed by atoms with Gasteiger partial charge in [-0.05, 0) is 32.3 Å². The standard InChI is InChI=1S/C14H19Cl/c1-10-7-11(2)9-12(8-10)13-5-3-4-6-14(13)15/h7-9,13-14H,3-6H2,1-2H3. The monoisotopic (exact) mass is 222 g/mol. The summed E-state index contributed by atoms with van der Waals surface area (Å²) in [6.45, 7) is 4.34. The number of hydrogen-bond donors (Lipinski definition) is 0. The molecule has 1 aliphatic carbocycles. The van der Waals surface area contributed by atoms with Crippen molar-refractivity contribution in [2.24, 2.45) is 0 Å². The summed E-state index contributed by atoms with van der Waals surface area (Å²) in [4.78, 5) is 0. The van der Waals surface area contributed by atoms with Crippen molar-refractivity contribution in [3.63, 3.8) is 0 Å². The van der Waals surface area contributed by atoms with Gasteiger partial charge in [0.25, 0.3) is 0 Å². The minimum absolute atomic E-state index is 0.347. The predicted octanol–water partition coefficient (Wildman–Crippen LogP) is 4.57. The third kappa shape index (κ3) is 2.55. The molecule has 0 bridgehead atoms. The van der Waals surface area contributed by atoms with Crippen molar-refractivity contribution in [1.29, 1.82) is 0 Å².